The van der Waals surface area contributed by atoms with Crippen molar-refractivity contribution in [3.63, 3.8) is 0 Å². The Hall–Kier alpha value is -0.680. The van der Waals surface area contributed by atoms with Gasteiger partial charge in [0.15, 0.2) is 0 Å². The van der Waals surface area contributed by atoms with Crippen LogP contribution < -0.4 is 5.32 Å². The first kappa shape index (κ1) is 15.7. The molecule has 0 radical (unpaired) electrons. The van der Waals surface area contributed by atoms with Crippen LogP contribution in [0.3, 0.4) is 0 Å². The van der Waals surface area contributed by atoms with Gasteiger partial charge >= 0.3 is 0 Å². The first-order chi connectivity index (χ1) is 9.27. The van der Waals surface area contributed by atoms with E-state index in [0.717, 1.165) is 16.8 Å². The zero-order chi connectivity index (χ0) is 14.9. The molecule has 1 unspecified atom stereocenters. The van der Waals surface area contributed by atoms with Crippen LogP contribution in [0.2, 0.25) is 5.02 Å². The predicted octanol–water partition coefficient (Wildman–Crippen LogP) is 4.25. The number of benzene rings is 1. The molecule has 0 spiro atoms. The van der Waals surface area contributed by atoms with Crippen molar-refractivity contribution < 1.29 is 4.55 Å². The molecule has 1 aromatic carbocycles. The second-order valence-electron chi connectivity index (χ2n) is 5.48. The van der Waals surface area contributed by atoms with Gasteiger partial charge in [-0.25, -0.2) is 0 Å². The van der Waals surface area contributed by atoms with Gasteiger partial charge in [0.05, 0.1) is 6.21 Å². The minimum atomic E-state index is -1.30. The number of hydrogen-bond donors (Lipinski definition) is 1. The number of hydrogen-bond acceptors (Lipinski definition) is 3. The molecule has 0 saturated carbocycles. The summed E-state index contributed by atoms with van der Waals surface area (Å²) in [5, 5.41) is 3.80. The van der Waals surface area contributed by atoms with Gasteiger partial charge in [-0.15, -0.1) is 0 Å². The molecule has 0 aromatic heterocycles. The molecule has 1 aliphatic heterocycles. The van der Waals surface area contributed by atoms with Gasteiger partial charge in [-0.3, -0.25) is 0 Å². The molecule has 0 amide bonds. The van der Waals surface area contributed by atoms with Crippen LogP contribution in [-0.2, 0) is 11.4 Å². The summed E-state index contributed by atoms with van der Waals surface area (Å²) in [5.74, 6) is 0. The maximum Gasteiger partial charge on any atom is 0.144 e. The van der Waals surface area contributed by atoms with E-state index in [2.05, 4.69) is 9.71 Å². The van der Waals surface area contributed by atoms with Gasteiger partial charge in [-0.1, -0.05) is 27.6 Å². The molecule has 108 valence electrons. The normalized spacial score (nSPS) is 20.3. The molecule has 0 aliphatic carbocycles. The Kier molecular flexibility index (Phi) is 4.69. The molecule has 2 atom stereocenters. The number of rotatable bonds is 2. The summed E-state index contributed by atoms with van der Waals surface area (Å²) in [5.41, 5.74) is 2.23. The van der Waals surface area contributed by atoms with Crippen LogP contribution in [0.5, 0.6) is 0 Å². The zero-order valence-electron chi connectivity index (χ0n) is 11.5. The topological polar surface area (TPSA) is 47.5 Å². The van der Waals surface area contributed by atoms with Crippen molar-refractivity contribution in [2.45, 2.75) is 31.0 Å². The summed E-state index contributed by atoms with van der Waals surface area (Å²) in [6, 6.07) is 5.53. The predicted molar refractivity (Wildman–Crippen MR) is 89.1 cm³/mol. The minimum Gasteiger partial charge on any atom is -0.591 e. The molecule has 6 heteroatoms. The highest BCUT2D eigenvalue weighted by molar-refractivity contribution is 7.91. The van der Waals surface area contributed by atoms with Gasteiger partial charge in [0.25, 0.3) is 0 Å². The summed E-state index contributed by atoms with van der Waals surface area (Å²) in [6.45, 7) is 5.63. The minimum absolute atomic E-state index is 0.387. The lowest BCUT2D eigenvalue weighted by molar-refractivity contribution is 0.562. The van der Waals surface area contributed by atoms with Crippen molar-refractivity contribution in [3.05, 3.63) is 34.4 Å². The molecule has 20 heavy (non-hydrogen) atoms. The standard InChI is InChI=1S/C14H16Cl2N2OS/c1-14(2,3)20(19)17-8-10-6-9-7-11(15)4-5-12(9)18-13(10)16/h4-8,13,18H,1-3H3/b17-8+/t13?,20-/m1/s1. The Morgan fingerprint density at radius 2 is 2.10 bits per heavy atom. The third kappa shape index (κ3) is 3.70. The third-order valence-corrected chi connectivity index (χ3v) is 4.67. The maximum atomic E-state index is 11.9. The molecule has 0 fully saturated rings. The lowest BCUT2D eigenvalue weighted by atomic mass is 10.1. The zero-order valence-corrected chi connectivity index (χ0v) is 13.8. The number of fused-ring (bicyclic) bond motifs is 1. The van der Waals surface area contributed by atoms with Crippen molar-refractivity contribution >= 4 is 52.5 Å². The van der Waals surface area contributed by atoms with E-state index >= 15 is 0 Å². The highest BCUT2D eigenvalue weighted by Gasteiger charge is 2.26. The molecule has 3 nitrogen and oxygen atoms in total. The fourth-order valence-corrected chi connectivity index (χ4v) is 2.58. The van der Waals surface area contributed by atoms with Crippen LogP contribution in [0.4, 0.5) is 5.69 Å². The van der Waals surface area contributed by atoms with Gasteiger partial charge < -0.3 is 9.87 Å². The van der Waals surface area contributed by atoms with Gasteiger partial charge in [-0.2, -0.15) is 0 Å². The van der Waals surface area contributed by atoms with Gasteiger partial charge in [0.2, 0.25) is 0 Å². The molecular weight excluding hydrogens is 315 g/mol. The van der Waals surface area contributed by atoms with Crippen LogP contribution in [0.15, 0.2) is 28.2 Å². The highest BCUT2D eigenvalue weighted by atomic mass is 35.5. The summed E-state index contributed by atoms with van der Waals surface area (Å²) in [6.07, 6.45) is 3.47. The van der Waals surface area contributed by atoms with Gasteiger partial charge in [-0.05, 0) is 50.6 Å². The van der Waals surface area contributed by atoms with E-state index in [4.69, 9.17) is 23.2 Å². The van der Waals surface area contributed by atoms with Crippen molar-refractivity contribution in [3.8, 4) is 0 Å². The quantitative estimate of drug-likeness (QED) is 0.381. The Balaban J connectivity index is 2.26. The average Bonchev–Trinajstić information content (AvgIpc) is 2.35. The fraction of sp³-hybridized carbons (Fsp3) is 0.357. The molecule has 0 saturated heterocycles. The molecule has 2 rings (SSSR count). The Labute approximate surface area is 132 Å². The summed E-state index contributed by atoms with van der Waals surface area (Å²) in [4.78, 5) is 0. The molecule has 1 aliphatic rings. The van der Waals surface area contributed by atoms with E-state index in [9.17, 15) is 4.55 Å². The average molecular weight is 331 g/mol. The first-order valence-electron chi connectivity index (χ1n) is 6.15. The van der Waals surface area contributed by atoms with Crippen LogP contribution in [0.1, 0.15) is 26.3 Å². The number of nitrogens with one attached hydrogen (secondary N) is 1. The molecule has 0 bridgehead atoms. The smallest absolute Gasteiger partial charge is 0.144 e. The lowest BCUT2D eigenvalue weighted by Gasteiger charge is -2.22. The van der Waals surface area contributed by atoms with Crippen molar-refractivity contribution in [1.29, 1.82) is 0 Å². The van der Waals surface area contributed by atoms with E-state index in [-0.39, 0.29) is 4.75 Å². The molecule has 1 aromatic rings. The largest absolute Gasteiger partial charge is 0.591 e. The Morgan fingerprint density at radius 1 is 1.40 bits per heavy atom. The van der Waals surface area contributed by atoms with Gasteiger partial charge in [0, 0.05) is 16.3 Å². The van der Waals surface area contributed by atoms with Crippen LogP contribution in [0, 0.1) is 0 Å². The number of halogens is 2. The fourth-order valence-electron chi connectivity index (χ4n) is 1.63. The molecule has 1 heterocycles. The SMILES string of the molecule is CC(C)(C)[S@@+]([O-])/N=C/C1=Cc2cc(Cl)ccc2NC1Cl. The van der Waals surface area contributed by atoms with Crippen molar-refractivity contribution in [2.75, 3.05) is 5.32 Å². The Morgan fingerprint density at radius 3 is 2.75 bits per heavy atom. The third-order valence-electron chi connectivity index (χ3n) is 2.73. The van der Waals surface area contributed by atoms with E-state index in [0.29, 0.717) is 5.02 Å². The van der Waals surface area contributed by atoms with E-state index < -0.39 is 16.9 Å². The van der Waals surface area contributed by atoms with E-state index in [1.807, 2.05) is 39.0 Å². The maximum absolute atomic E-state index is 11.9. The summed E-state index contributed by atoms with van der Waals surface area (Å²) < 4.78 is 15.6. The van der Waals surface area contributed by atoms with Crippen LogP contribution in [-0.4, -0.2) is 21.0 Å². The second kappa shape index (κ2) is 5.98. The highest BCUT2D eigenvalue weighted by Crippen LogP contribution is 2.30. The number of nitrogens with zero attached hydrogens (tertiary/aromatic N) is 1. The van der Waals surface area contributed by atoms with Crippen molar-refractivity contribution in [2.24, 2.45) is 4.40 Å². The van der Waals surface area contributed by atoms with Gasteiger partial charge in [0.1, 0.15) is 21.6 Å². The van der Waals surface area contributed by atoms with E-state index in [1.54, 1.807) is 12.3 Å². The molecular formula is C14H16Cl2N2OS. The number of alkyl halides is 1. The molecule has 1 N–H and O–H groups in total. The lowest BCUT2D eigenvalue weighted by Crippen LogP contribution is -2.26. The second-order valence-corrected chi connectivity index (χ2v) is 8.29. The monoisotopic (exact) mass is 330 g/mol. The summed E-state index contributed by atoms with van der Waals surface area (Å²) >= 11 is 10.9. The summed E-state index contributed by atoms with van der Waals surface area (Å²) in [7, 11) is 0. The van der Waals surface area contributed by atoms with E-state index in [1.165, 1.54) is 0 Å². The first-order valence-corrected chi connectivity index (χ1v) is 8.07. The number of anilines is 1. The van der Waals surface area contributed by atoms with Crippen molar-refractivity contribution in [1.82, 2.24) is 0 Å². The van der Waals surface area contributed by atoms with Crippen LogP contribution >= 0.6 is 23.2 Å². The van der Waals surface area contributed by atoms with Crippen LogP contribution in [0.25, 0.3) is 6.08 Å². The Bertz CT molecular complexity index is 567.